The van der Waals surface area contributed by atoms with Crippen LogP contribution in [0.1, 0.15) is 49.7 Å². The van der Waals surface area contributed by atoms with Crippen molar-refractivity contribution >= 4 is 0 Å². The lowest BCUT2D eigenvalue weighted by Crippen LogP contribution is -2.46. The highest BCUT2D eigenvalue weighted by molar-refractivity contribution is 5.28. The normalized spacial score (nSPS) is 31.4. The van der Waals surface area contributed by atoms with Crippen LogP contribution in [-0.4, -0.2) is 5.54 Å². The molecule has 0 bridgehead atoms. The van der Waals surface area contributed by atoms with Crippen LogP contribution < -0.4 is 5.73 Å². The first-order valence-electron chi connectivity index (χ1n) is 7.60. The van der Waals surface area contributed by atoms with Crippen LogP contribution >= 0.6 is 0 Å². The summed E-state index contributed by atoms with van der Waals surface area (Å²) in [4.78, 5) is 0. The smallest absolute Gasteiger partial charge is 0.123 e. The summed E-state index contributed by atoms with van der Waals surface area (Å²) < 4.78 is 13.2. The molecule has 1 nitrogen and oxygen atoms in total. The average molecular weight is 261 g/mol. The Morgan fingerprint density at radius 3 is 2.74 bits per heavy atom. The van der Waals surface area contributed by atoms with Gasteiger partial charge in [0.1, 0.15) is 5.82 Å². The van der Waals surface area contributed by atoms with Gasteiger partial charge in [-0.1, -0.05) is 18.9 Å². The number of halogens is 1. The summed E-state index contributed by atoms with van der Waals surface area (Å²) in [5.74, 6) is 1.66. The van der Waals surface area contributed by atoms with Gasteiger partial charge in [0.25, 0.3) is 0 Å². The first-order valence-corrected chi connectivity index (χ1v) is 7.60. The second-order valence-electron chi connectivity index (χ2n) is 6.80. The molecule has 2 N–H and O–H groups in total. The Hall–Kier alpha value is -0.890. The molecule has 2 heteroatoms. The quantitative estimate of drug-likeness (QED) is 0.875. The first-order chi connectivity index (χ1) is 9.06. The van der Waals surface area contributed by atoms with Crippen molar-refractivity contribution in [2.24, 2.45) is 17.6 Å². The maximum atomic E-state index is 13.2. The molecule has 2 saturated carbocycles. The summed E-state index contributed by atoms with van der Waals surface area (Å²) in [5, 5.41) is 0. The largest absolute Gasteiger partial charge is 0.325 e. The van der Waals surface area contributed by atoms with E-state index in [0.29, 0.717) is 0 Å². The van der Waals surface area contributed by atoms with Crippen LogP contribution in [0.5, 0.6) is 0 Å². The van der Waals surface area contributed by atoms with Crippen LogP contribution in [0, 0.1) is 24.6 Å². The van der Waals surface area contributed by atoms with Crippen LogP contribution in [0.4, 0.5) is 4.39 Å². The summed E-state index contributed by atoms with van der Waals surface area (Å²) in [6.45, 7) is 1.99. The third kappa shape index (κ3) is 3.00. The molecule has 0 aliphatic heterocycles. The van der Waals surface area contributed by atoms with E-state index in [2.05, 4.69) is 0 Å². The van der Waals surface area contributed by atoms with E-state index in [1.54, 1.807) is 12.1 Å². The molecule has 2 aliphatic rings. The molecule has 0 spiro atoms. The highest BCUT2D eigenvalue weighted by Gasteiger charge is 2.40. The van der Waals surface area contributed by atoms with Gasteiger partial charge in [0.2, 0.25) is 0 Å². The fourth-order valence-corrected chi connectivity index (χ4v) is 3.81. The minimum Gasteiger partial charge on any atom is -0.325 e. The van der Waals surface area contributed by atoms with Crippen LogP contribution in [0.3, 0.4) is 0 Å². The van der Waals surface area contributed by atoms with E-state index in [0.717, 1.165) is 36.7 Å². The van der Waals surface area contributed by atoms with Crippen molar-refractivity contribution in [2.75, 3.05) is 0 Å². The van der Waals surface area contributed by atoms with Crippen molar-refractivity contribution in [2.45, 2.75) is 57.4 Å². The SMILES string of the molecule is Cc1cc(F)ccc1CC1(N)CCCC(C2CC2)C1. The van der Waals surface area contributed by atoms with E-state index < -0.39 is 0 Å². The molecule has 1 aromatic carbocycles. The lowest BCUT2D eigenvalue weighted by molar-refractivity contribution is 0.204. The second kappa shape index (κ2) is 4.90. The second-order valence-corrected chi connectivity index (χ2v) is 6.80. The van der Waals surface area contributed by atoms with Gasteiger partial charge in [-0.15, -0.1) is 0 Å². The van der Waals surface area contributed by atoms with Gasteiger partial charge in [-0.2, -0.15) is 0 Å². The van der Waals surface area contributed by atoms with Gasteiger partial charge in [0.05, 0.1) is 0 Å². The van der Waals surface area contributed by atoms with E-state index in [4.69, 9.17) is 5.73 Å². The summed E-state index contributed by atoms with van der Waals surface area (Å²) in [6.07, 6.45) is 8.64. The zero-order valence-corrected chi connectivity index (χ0v) is 11.8. The Labute approximate surface area is 115 Å². The maximum absolute atomic E-state index is 13.2. The summed E-state index contributed by atoms with van der Waals surface area (Å²) in [7, 11) is 0. The van der Waals surface area contributed by atoms with Crippen molar-refractivity contribution in [1.82, 2.24) is 0 Å². The van der Waals surface area contributed by atoms with Crippen LogP contribution in [0.2, 0.25) is 0 Å². The lowest BCUT2D eigenvalue weighted by atomic mass is 9.71. The Morgan fingerprint density at radius 2 is 2.05 bits per heavy atom. The van der Waals surface area contributed by atoms with Gasteiger partial charge in [0, 0.05) is 5.54 Å². The topological polar surface area (TPSA) is 26.0 Å². The molecule has 104 valence electrons. The minimum atomic E-state index is -0.146. The fraction of sp³-hybridized carbons (Fsp3) is 0.647. The van der Waals surface area contributed by atoms with Gasteiger partial charge in [-0.05, 0) is 74.1 Å². The molecule has 2 aliphatic carbocycles. The predicted molar refractivity (Wildman–Crippen MR) is 76.4 cm³/mol. The van der Waals surface area contributed by atoms with E-state index in [9.17, 15) is 4.39 Å². The number of benzene rings is 1. The Kier molecular flexibility index (Phi) is 3.38. The molecule has 0 aromatic heterocycles. The highest BCUT2D eigenvalue weighted by atomic mass is 19.1. The van der Waals surface area contributed by atoms with Gasteiger partial charge in [-0.3, -0.25) is 0 Å². The van der Waals surface area contributed by atoms with Crippen LogP contribution in [-0.2, 0) is 6.42 Å². The molecule has 2 unspecified atom stereocenters. The summed E-state index contributed by atoms with van der Waals surface area (Å²) >= 11 is 0. The maximum Gasteiger partial charge on any atom is 0.123 e. The number of rotatable bonds is 3. The standard InChI is InChI=1S/C17H24FN/c1-12-9-16(18)7-6-14(12)10-17(19)8-2-3-15(11-17)13-4-5-13/h6-7,9,13,15H,2-5,8,10-11,19H2,1H3. The summed E-state index contributed by atoms with van der Waals surface area (Å²) in [5.41, 5.74) is 8.86. The molecule has 1 aromatic rings. The monoisotopic (exact) mass is 261 g/mol. The van der Waals surface area contributed by atoms with Crippen molar-refractivity contribution in [3.8, 4) is 0 Å². The fourth-order valence-electron chi connectivity index (χ4n) is 3.81. The highest BCUT2D eigenvalue weighted by Crippen LogP contribution is 2.46. The molecule has 3 rings (SSSR count). The molecule has 19 heavy (non-hydrogen) atoms. The molecule has 0 amide bonds. The molecule has 0 saturated heterocycles. The summed E-state index contributed by atoms with van der Waals surface area (Å²) in [6, 6.07) is 5.10. The molecule has 2 atom stereocenters. The van der Waals surface area contributed by atoms with Gasteiger partial charge in [0.15, 0.2) is 0 Å². The van der Waals surface area contributed by atoms with Crippen LogP contribution in [0.15, 0.2) is 18.2 Å². The third-order valence-electron chi connectivity index (χ3n) is 5.05. The van der Waals surface area contributed by atoms with E-state index in [1.807, 2.05) is 13.0 Å². The average Bonchev–Trinajstić information content (AvgIpc) is 3.17. The van der Waals surface area contributed by atoms with Crippen molar-refractivity contribution in [3.05, 3.63) is 35.1 Å². The van der Waals surface area contributed by atoms with Gasteiger partial charge < -0.3 is 5.73 Å². The van der Waals surface area contributed by atoms with Crippen LogP contribution in [0.25, 0.3) is 0 Å². The molecule has 0 heterocycles. The van der Waals surface area contributed by atoms with Crippen molar-refractivity contribution in [1.29, 1.82) is 0 Å². The molecule has 2 fully saturated rings. The Balaban J connectivity index is 1.73. The molecule has 0 radical (unpaired) electrons. The number of hydrogen-bond acceptors (Lipinski definition) is 1. The minimum absolute atomic E-state index is 0.0614. The predicted octanol–water partition coefficient (Wildman–Crippen LogP) is 3.97. The first kappa shape index (κ1) is 13.1. The van der Waals surface area contributed by atoms with Gasteiger partial charge in [-0.25, -0.2) is 4.39 Å². The zero-order chi connectivity index (χ0) is 13.5. The van der Waals surface area contributed by atoms with E-state index >= 15 is 0 Å². The molecular weight excluding hydrogens is 237 g/mol. The zero-order valence-electron chi connectivity index (χ0n) is 11.8. The lowest BCUT2D eigenvalue weighted by Gasteiger charge is -2.39. The van der Waals surface area contributed by atoms with Gasteiger partial charge >= 0.3 is 0 Å². The van der Waals surface area contributed by atoms with E-state index in [-0.39, 0.29) is 11.4 Å². The number of nitrogens with two attached hydrogens (primary N) is 1. The number of hydrogen-bond donors (Lipinski definition) is 1. The van der Waals surface area contributed by atoms with Crippen molar-refractivity contribution in [3.63, 3.8) is 0 Å². The Morgan fingerprint density at radius 1 is 1.26 bits per heavy atom. The third-order valence-corrected chi connectivity index (χ3v) is 5.05. The number of aryl methyl sites for hydroxylation is 1. The van der Waals surface area contributed by atoms with Crippen molar-refractivity contribution < 1.29 is 4.39 Å². The Bertz CT molecular complexity index is 466. The molecular formula is C17H24FN. The van der Waals surface area contributed by atoms with E-state index in [1.165, 1.54) is 31.2 Å².